The van der Waals surface area contributed by atoms with Gasteiger partial charge >= 0.3 is 7.60 Å². The van der Waals surface area contributed by atoms with Gasteiger partial charge in [0.05, 0.1) is 7.11 Å². The number of ether oxygens (including phenoxy) is 2. The second-order valence-corrected chi connectivity index (χ2v) is 7.38. The molecule has 0 aliphatic rings. The van der Waals surface area contributed by atoms with Crippen molar-refractivity contribution in [3.8, 4) is 11.5 Å². The first-order valence-electron chi connectivity index (χ1n) is 7.83. The maximum absolute atomic E-state index is 10.9. The van der Waals surface area contributed by atoms with E-state index >= 15 is 0 Å². The number of nitrogens with zero attached hydrogens (tertiary/aromatic N) is 1. The smallest absolute Gasteiger partial charge is 0.362 e. The van der Waals surface area contributed by atoms with Gasteiger partial charge in [-0.2, -0.15) is 0 Å². The molecule has 1 aromatic heterocycles. The molecule has 1 heterocycles. The third-order valence-electron chi connectivity index (χ3n) is 3.80. The number of aromatic nitrogens is 1. The molecule has 8 heteroatoms. The highest BCUT2D eigenvalue weighted by atomic mass is 31.2. The monoisotopic (exact) mass is 374 g/mol. The molecule has 0 radical (unpaired) electrons. The van der Waals surface area contributed by atoms with E-state index < -0.39 is 13.9 Å². The van der Waals surface area contributed by atoms with Gasteiger partial charge < -0.3 is 24.6 Å². The quantitative estimate of drug-likeness (QED) is 0.564. The Kier molecular flexibility index (Phi) is 5.13. The van der Waals surface area contributed by atoms with Gasteiger partial charge in [-0.15, -0.1) is 0 Å². The lowest BCUT2D eigenvalue weighted by Crippen LogP contribution is -1.99. The molecule has 0 atom stereocenters. The Bertz CT molecular complexity index is 969. The summed E-state index contributed by atoms with van der Waals surface area (Å²) in [6, 6.07) is 12.7. The summed E-state index contributed by atoms with van der Waals surface area (Å²) in [6.45, 7) is 1.99. The number of benzene rings is 2. The molecule has 0 unspecified atom stereocenters. The number of aryl methyl sites for hydroxylation is 1. The van der Waals surface area contributed by atoms with Gasteiger partial charge in [0.25, 0.3) is 0 Å². The van der Waals surface area contributed by atoms with Crippen molar-refractivity contribution in [1.82, 2.24) is 4.98 Å². The zero-order valence-electron chi connectivity index (χ0n) is 14.3. The van der Waals surface area contributed by atoms with Crippen molar-refractivity contribution in [1.29, 1.82) is 0 Å². The average Bonchev–Trinajstić information content (AvgIpc) is 2.60. The van der Waals surface area contributed by atoms with Crippen molar-refractivity contribution in [2.45, 2.75) is 6.92 Å². The summed E-state index contributed by atoms with van der Waals surface area (Å²) in [7, 11) is -2.56. The molecule has 0 bridgehead atoms. The fraction of sp³-hybridized carbons (Fsp3) is 0.167. The summed E-state index contributed by atoms with van der Waals surface area (Å²) >= 11 is 0. The molecule has 0 fully saturated rings. The lowest BCUT2D eigenvalue weighted by molar-refractivity contribution is 0.300. The Morgan fingerprint density at radius 3 is 2.54 bits per heavy atom. The maximum Gasteiger partial charge on any atom is 0.362 e. The van der Waals surface area contributed by atoms with Crippen LogP contribution in [0.4, 0.5) is 11.5 Å². The Morgan fingerprint density at radius 1 is 1.15 bits per heavy atom. The van der Waals surface area contributed by atoms with Gasteiger partial charge in [0.2, 0.25) is 0 Å². The van der Waals surface area contributed by atoms with Crippen LogP contribution < -0.4 is 14.8 Å². The number of methoxy groups -OCH3 is 1. The lowest BCUT2D eigenvalue weighted by atomic mass is 10.1. The maximum atomic E-state index is 10.9. The third-order valence-corrected chi connectivity index (χ3v) is 4.26. The SMILES string of the molecule is COc1cc2c(Nc3ccc(OCP(=O)(O)O)cc3)nccc2cc1C. The second kappa shape index (κ2) is 7.33. The number of hydrogen-bond acceptors (Lipinski definition) is 5. The first-order chi connectivity index (χ1) is 12.4. The minimum atomic E-state index is -4.20. The molecule has 2 aromatic carbocycles. The van der Waals surface area contributed by atoms with Crippen LogP contribution in [0, 0.1) is 6.92 Å². The van der Waals surface area contributed by atoms with E-state index in [2.05, 4.69) is 10.3 Å². The van der Waals surface area contributed by atoms with Crippen LogP contribution in [0.1, 0.15) is 5.56 Å². The van der Waals surface area contributed by atoms with E-state index in [4.69, 9.17) is 19.3 Å². The van der Waals surface area contributed by atoms with E-state index in [1.165, 1.54) is 0 Å². The molecule has 7 nitrogen and oxygen atoms in total. The van der Waals surface area contributed by atoms with Gasteiger partial charge in [-0.3, -0.25) is 4.57 Å². The summed E-state index contributed by atoms with van der Waals surface area (Å²) in [5.74, 6) is 1.85. The van der Waals surface area contributed by atoms with Crippen molar-refractivity contribution in [2.24, 2.45) is 0 Å². The van der Waals surface area contributed by atoms with Crippen LogP contribution in [0.15, 0.2) is 48.7 Å². The van der Waals surface area contributed by atoms with Crippen LogP contribution in [-0.2, 0) is 4.57 Å². The molecule has 0 aliphatic heterocycles. The number of fused-ring (bicyclic) bond motifs is 1. The van der Waals surface area contributed by atoms with Crippen LogP contribution in [0.2, 0.25) is 0 Å². The Labute approximate surface area is 150 Å². The molecule has 3 rings (SSSR count). The predicted octanol–water partition coefficient (Wildman–Crippen LogP) is 3.81. The number of hydrogen-bond donors (Lipinski definition) is 3. The van der Waals surface area contributed by atoms with Crippen molar-refractivity contribution >= 4 is 29.9 Å². The summed E-state index contributed by atoms with van der Waals surface area (Å²) in [5.41, 5.74) is 1.82. The molecule has 3 aromatic rings. The van der Waals surface area contributed by atoms with Crippen molar-refractivity contribution in [3.63, 3.8) is 0 Å². The molecule has 0 saturated heterocycles. The molecular formula is C18H19N2O5P. The zero-order valence-corrected chi connectivity index (χ0v) is 15.2. The number of rotatable bonds is 6. The number of anilines is 2. The molecule has 0 aliphatic carbocycles. The van der Waals surface area contributed by atoms with E-state index in [1.54, 1.807) is 37.6 Å². The minimum Gasteiger partial charge on any atom is -0.496 e. The topological polar surface area (TPSA) is 101 Å². The van der Waals surface area contributed by atoms with E-state index in [-0.39, 0.29) is 0 Å². The highest BCUT2D eigenvalue weighted by Crippen LogP contribution is 2.35. The van der Waals surface area contributed by atoms with Crippen LogP contribution in [0.5, 0.6) is 11.5 Å². The summed E-state index contributed by atoms with van der Waals surface area (Å²) in [6.07, 6.45) is 1.08. The molecule has 136 valence electrons. The van der Waals surface area contributed by atoms with Crippen LogP contribution >= 0.6 is 7.60 Å². The van der Waals surface area contributed by atoms with Crippen molar-refractivity contribution < 1.29 is 23.8 Å². The van der Waals surface area contributed by atoms with Gasteiger partial charge in [0.15, 0.2) is 6.35 Å². The number of pyridine rings is 1. The van der Waals surface area contributed by atoms with E-state index in [1.807, 2.05) is 25.1 Å². The van der Waals surface area contributed by atoms with Gasteiger partial charge in [0.1, 0.15) is 17.3 Å². The normalized spacial score (nSPS) is 11.4. The largest absolute Gasteiger partial charge is 0.496 e. The molecular weight excluding hydrogens is 355 g/mol. The van der Waals surface area contributed by atoms with Crippen molar-refractivity contribution in [2.75, 3.05) is 18.8 Å². The highest BCUT2D eigenvalue weighted by molar-refractivity contribution is 7.51. The average molecular weight is 374 g/mol. The third kappa shape index (κ3) is 4.32. The molecule has 3 N–H and O–H groups in total. The van der Waals surface area contributed by atoms with E-state index in [0.29, 0.717) is 11.6 Å². The van der Waals surface area contributed by atoms with E-state index in [0.717, 1.165) is 27.8 Å². The Balaban J connectivity index is 1.83. The molecule has 0 spiro atoms. The minimum absolute atomic E-state index is 0.377. The fourth-order valence-corrected chi connectivity index (χ4v) is 2.88. The Morgan fingerprint density at radius 2 is 1.88 bits per heavy atom. The first kappa shape index (κ1) is 18.2. The van der Waals surface area contributed by atoms with Gasteiger partial charge in [0, 0.05) is 17.3 Å². The predicted molar refractivity (Wildman–Crippen MR) is 100 cm³/mol. The molecule has 26 heavy (non-hydrogen) atoms. The lowest BCUT2D eigenvalue weighted by Gasteiger charge is -2.12. The summed E-state index contributed by atoms with van der Waals surface area (Å²) < 4.78 is 21.3. The fourth-order valence-electron chi connectivity index (χ4n) is 2.56. The standard InChI is InChI=1S/C18H19N2O5P/c1-12-9-13-7-8-19-18(16(13)10-17(12)24-2)20-14-3-5-15(6-4-14)25-11-26(21,22)23/h3-10H,11H2,1-2H3,(H,19,20)(H2,21,22,23). The van der Waals surface area contributed by atoms with Gasteiger partial charge in [-0.05, 0) is 60.3 Å². The van der Waals surface area contributed by atoms with E-state index in [9.17, 15) is 4.57 Å². The highest BCUT2D eigenvalue weighted by Gasteiger charge is 2.13. The van der Waals surface area contributed by atoms with Gasteiger partial charge in [-0.25, -0.2) is 4.98 Å². The zero-order chi connectivity index (χ0) is 18.7. The first-order valence-corrected chi connectivity index (χ1v) is 9.63. The van der Waals surface area contributed by atoms with Crippen LogP contribution in [0.25, 0.3) is 10.8 Å². The van der Waals surface area contributed by atoms with Crippen molar-refractivity contribution in [3.05, 3.63) is 54.2 Å². The molecule has 0 amide bonds. The van der Waals surface area contributed by atoms with Crippen LogP contribution in [0.3, 0.4) is 0 Å². The summed E-state index contributed by atoms with van der Waals surface area (Å²) in [4.78, 5) is 22.1. The number of nitrogens with one attached hydrogen (secondary N) is 1. The second-order valence-electron chi connectivity index (χ2n) is 5.79. The van der Waals surface area contributed by atoms with Crippen LogP contribution in [-0.4, -0.2) is 28.2 Å². The van der Waals surface area contributed by atoms with Gasteiger partial charge in [-0.1, -0.05) is 0 Å². The Hall–Kier alpha value is -2.60. The molecule has 0 saturated carbocycles. The summed E-state index contributed by atoms with van der Waals surface area (Å²) in [5, 5.41) is 5.21.